The van der Waals surface area contributed by atoms with E-state index in [1.165, 1.54) is 29.7 Å². The second-order valence-corrected chi connectivity index (χ2v) is 3.78. The van der Waals surface area contributed by atoms with Crippen molar-refractivity contribution < 1.29 is 4.39 Å². The normalized spacial score (nSPS) is 12.6. The van der Waals surface area contributed by atoms with Crippen molar-refractivity contribution in [3.8, 4) is 0 Å². The van der Waals surface area contributed by atoms with Gasteiger partial charge in [-0.3, -0.25) is 0 Å². The average Bonchev–Trinajstić information content (AvgIpc) is 2.79. The lowest BCUT2D eigenvalue weighted by Gasteiger charge is -2.03. The van der Waals surface area contributed by atoms with E-state index in [1.54, 1.807) is 0 Å². The Morgan fingerprint density at radius 3 is 2.36 bits per heavy atom. The smallest absolute Gasteiger partial charge is 0.123 e. The molecule has 0 atom stereocenters. The van der Waals surface area contributed by atoms with E-state index in [9.17, 15) is 4.39 Å². The summed E-state index contributed by atoms with van der Waals surface area (Å²) in [5.41, 5.74) is 4.04. The van der Waals surface area contributed by atoms with Gasteiger partial charge < -0.3 is 4.57 Å². The Labute approximate surface area is 81.8 Å². The predicted molar refractivity (Wildman–Crippen MR) is 52.7 cm³/mol. The van der Waals surface area contributed by atoms with Crippen molar-refractivity contribution in [3.05, 3.63) is 59.2 Å². The molecule has 1 aliphatic rings. The van der Waals surface area contributed by atoms with Crippen molar-refractivity contribution in [2.75, 3.05) is 0 Å². The largest absolute Gasteiger partial charge is 0.349 e. The zero-order valence-corrected chi connectivity index (χ0v) is 7.70. The molecule has 14 heavy (non-hydrogen) atoms. The van der Waals surface area contributed by atoms with Crippen molar-refractivity contribution >= 4 is 0 Å². The van der Waals surface area contributed by atoms with Crippen LogP contribution in [0, 0.1) is 5.82 Å². The summed E-state index contributed by atoms with van der Waals surface area (Å²) in [6.45, 7) is 0.841. The first-order chi connectivity index (χ1) is 6.81. The highest BCUT2D eigenvalue weighted by Crippen LogP contribution is 2.28. The SMILES string of the molecule is Fc1ccc(Cn2cc3c(c2)C3)cc1. The molecule has 0 bridgehead atoms. The molecule has 1 aromatic carbocycles. The van der Waals surface area contributed by atoms with Gasteiger partial charge in [0.15, 0.2) is 0 Å². The summed E-state index contributed by atoms with van der Waals surface area (Å²) in [6.07, 6.45) is 5.50. The van der Waals surface area contributed by atoms with Gasteiger partial charge in [-0.05, 0) is 28.8 Å². The minimum atomic E-state index is -0.172. The van der Waals surface area contributed by atoms with Crippen LogP contribution in [0.3, 0.4) is 0 Å². The first-order valence-electron chi connectivity index (χ1n) is 4.73. The summed E-state index contributed by atoms with van der Waals surface area (Å²) in [5, 5.41) is 0. The van der Waals surface area contributed by atoms with Crippen LogP contribution in [0.2, 0.25) is 0 Å². The van der Waals surface area contributed by atoms with E-state index in [-0.39, 0.29) is 5.82 Å². The van der Waals surface area contributed by atoms with Crippen LogP contribution in [0.15, 0.2) is 36.7 Å². The summed E-state index contributed by atoms with van der Waals surface area (Å²) in [7, 11) is 0. The molecule has 0 amide bonds. The number of nitrogens with zero attached hydrogens (tertiary/aromatic N) is 1. The highest BCUT2D eigenvalue weighted by molar-refractivity contribution is 5.43. The summed E-state index contributed by atoms with van der Waals surface area (Å²) in [6, 6.07) is 6.67. The molecule has 0 fully saturated rings. The number of benzene rings is 1. The maximum atomic E-state index is 12.6. The topological polar surface area (TPSA) is 4.93 Å². The van der Waals surface area contributed by atoms with Crippen LogP contribution in [0.25, 0.3) is 0 Å². The third-order valence-electron chi connectivity index (χ3n) is 2.59. The van der Waals surface area contributed by atoms with Crippen LogP contribution < -0.4 is 0 Å². The fraction of sp³-hybridized carbons (Fsp3) is 0.167. The molecule has 0 N–H and O–H groups in total. The Morgan fingerprint density at radius 1 is 1.07 bits per heavy atom. The van der Waals surface area contributed by atoms with Crippen molar-refractivity contribution in [2.24, 2.45) is 0 Å². The van der Waals surface area contributed by atoms with E-state index in [0.29, 0.717) is 0 Å². The summed E-state index contributed by atoms with van der Waals surface area (Å²) in [5.74, 6) is -0.172. The van der Waals surface area contributed by atoms with E-state index in [1.807, 2.05) is 12.1 Å². The van der Waals surface area contributed by atoms with E-state index in [0.717, 1.165) is 12.1 Å². The Hall–Kier alpha value is -1.57. The summed E-state index contributed by atoms with van der Waals surface area (Å²) < 4.78 is 14.8. The minimum absolute atomic E-state index is 0.172. The minimum Gasteiger partial charge on any atom is -0.349 e. The van der Waals surface area contributed by atoms with Gasteiger partial charge in [-0.25, -0.2) is 4.39 Å². The molecule has 1 aromatic heterocycles. The molecule has 0 aliphatic heterocycles. The third kappa shape index (κ3) is 1.33. The highest BCUT2D eigenvalue weighted by atomic mass is 19.1. The summed E-state index contributed by atoms with van der Waals surface area (Å²) in [4.78, 5) is 0. The molecule has 1 heterocycles. The van der Waals surface area contributed by atoms with Crippen molar-refractivity contribution in [1.29, 1.82) is 0 Å². The van der Waals surface area contributed by atoms with E-state index >= 15 is 0 Å². The fourth-order valence-corrected chi connectivity index (χ4v) is 1.75. The number of rotatable bonds is 2. The van der Waals surface area contributed by atoms with Gasteiger partial charge in [-0.15, -0.1) is 0 Å². The molecular formula is C12H10FN. The predicted octanol–water partition coefficient (Wildman–Crippen LogP) is 2.58. The van der Waals surface area contributed by atoms with E-state index in [2.05, 4.69) is 17.0 Å². The van der Waals surface area contributed by atoms with Gasteiger partial charge in [0, 0.05) is 25.4 Å². The van der Waals surface area contributed by atoms with Gasteiger partial charge in [-0.2, -0.15) is 0 Å². The summed E-state index contributed by atoms with van der Waals surface area (Å²) >= 11 is 0. The maximum Gasteiger partial charge on any atom is 0.123 e. The van der Waals surface area contributed by atoms with Crippen LogP contribution in [0.4, 0.5) is 4.39 Å². The number of aromatic nitrogens is 1. The Balaban J connectivity index is 1.81. The molecule has 0 saturated heterocycles. The van der Waals surface area contributed by atoms with Gasteiger partial charge >= 0.3 is 0 Å². The number of hydrogen-bond donors (Lipinski definition) is 0. The molecule has 0 spiro atoms. The molecule has 0 radical (unpaired) electrons. The second-order valence-electron chi connectivity index (χ2n) is 3.78. The van der Waals surface area contributed by atoms with Gasteiger partial charge in [-0.1, -0.05) is 12.1 Å². The molecule has 2 heteroatoms. The molecule has 0 unspecified atom stereocenters. The lowest BCUT2D eigenvalue weighted by Crippen LogP contribution is -1.97. The van der Waals surface area contributed by atoms with Crippen LogP contribution in [0.5, 0.6) is 0 Å². The zero-order valence-electron chi connectivity index (χ0n) is 7.70. The van der Waals surface area contributed by atoms with Gasteiger partial charge in [0.1, 0.15) is 5.82 Å². The molecule has 0 saturated carbocycles. The Bertz CT molecular complexity index is 448. The van der Waals surface area contributed by atoms with Gasteiger partial charge in [0.05, 0.1) is 0 Å². The van der Waals surface area contributed by atoms with Crippen LogP contribution in [0.1, 0.15) is 16.7 Å². The first-order valence-corrected chi connectivity index (χ1v) is 4.73. The second kappa shape index (κ2) is 2.71. The van der Waals surface area contributed by atoms with Crippen LogP contribution in [-0.4, -0.2) is 4.57 Å². The maximum absolute atomic E-state index is 12.6. The fourth-order valence-electron chi connectivity index (χ4n) is 1.75. The average molecular weight is 187 g/mol. The zero-order chi connectivity index (χ0) is 9.54. The Morgan fingerprint density at radius 2 is 1.71 bits per heavy atom. The van der Waals surface area contributed by atoms with E-state index < -0.39 is 0 Å². The van der Waals surface area contributed by atoms with Crippen molar-refractivity contribution in [3.63, 3.8) is 0 Å². The molecular weight excluding hydrogens is 177 g/mol. The highest BCUT2D eigenvalue weighted by Gasteiger charge is 2.18. The lowest BCUT2D eigenvalue weighted by atomic mass is 10.2. The monoisotopic (exact) mass is 187 g/mol. The van der Waals surface area contributed by atoms with Crippen molar-refractivity contribution in [1.82, 2.24) is 4.57 Å². The first kappa shape index (κ1) is 7.80. The van der Waals surface area contributed by atoms with Crippen molar-refractivity contribution in [2.45, 2.75) is 13.0 Å². The molecule has 1 nitrogen and oxygen atoms in total. The number of fused-ring (bicyclic) bond motifs is 1. The molecule has 1 aliphatic carbocycles. The lowest BCUT2D eigenvalue weighted by molar-refractivity contribution is 0.626. The third-order valence-corrected chi connectivity index (χ3v) is 2.59. The quantitative estimate of drug-likeness (QED) is 0.581. The van der Waals surface area contributed by atoms with Crippen LogP contribution in [-0.2, 0) is 13.0 Å². The standard InChI is InChI=1S/C12H10FN/c13-12-3-1-9(2-4-12)6-14-7-10-5-11(10)8-14/h1-4,7-8H,5-6H2. The molecule has 70 valence electrons. The number of hydrogen-bond acceptors (Lipinski definition) is 0. The number of halogens is 1. The van der Waals surface area contributed by atoms with E-state index in [4.69, 9.17) is 0 Å². The Kier molecular flexibility index (Phi) is 1.51. The molecule has 2 aromatic rings. The van der Waals surface area contributed by atoms with Gasteiger partial charge in [0.2, 0.25) is 0 Å². The van der Waals surface area contributed by atoms with Gasteiger partial charge in [0.25, 0.3) is 0 Å². The van der Waals surface area contributed by atoms with Crippen LogP contribution >= 0.6 is 0 Å². The molecule has 3 rings (SSSR count).